The maximum Gasteiger partial charge on any atom is 0.0485 e. The van der Waals surface area contributed by atoms with Crippen molar-refractivity contribution in [2.75, 3.05) is 0 Å². The van der Waals surface area contributed by atoms with Crippen molar-refractivity contribution in [3.05, 3.63) is 0 Å². The van der Waals surface area contributed by atoms with E-state index < -0.39 is 23.8 Å². The third-order valence-corrected chi connectivity index (χ3v) is 6.65. The summed E-state index contributed by atoms with van der Waals surface area (Å²) in [6.45, 7) is 16.4. The molecule has 0 saturated carbocycles. The van der Waals surface area contributed by atoms with E-state index >= 15 is 0 Å². The van der Waals surface area contributed by atoms with Crippen molar-refractivity contribution in [1.29, 1.82) is 0 Å². The molecule has 2 rings (SSSR count). The van der Waals surface area contributed by atoms with Gasteiger partial charge < -0.3 is 30.4 Å². The van der Waals surface area contributed by atoms with Gasteiger partial charge in [-0.1, -0.05) is 0 Å². The van der Waals surface area contributed by atoms with Gasteiger partial charge in [0, 0.05) is 39.5 Å². The SMILES string of the molecule is CC1(C)CC(C(CC(=O)[O-])(C(=O)[O-])C2CC(C)(C)NC(C)(C)C2)CC(C)(C)N1. The molecule has 2 heterocycles. The normalized spacial score (nSPS) is 27.3. The number of rotatable bonds is 5. The van der Waals surface area contributed by atoms with Crippen molar-refractivity contribution in [1.82, 2.24) is 10.6 Å². The van der Waals surface area contributed by atoms with Crippen LogP contribution >= 0.6 is 0 Å². The molecule has 0 unspecified atom stereocenters. The van der Waals surface area contributed by atoms with E-state index in [1.807, 2.05) is 0 Å². The van der Waals surface area contributed by atoms with E-state index in [-0.39, 0.29) is 34.0 Å². The third kappa shape index (κ3) is 4.88. The zero-order chi connectivity index (χ0) is 21.8. The third-order valence-electron chi connectivity index (χ3n) is 6.65. The second kappa shape index (κ2) is 6.98. The predicted molar refractivity (Wildman–Crippen MR) is 105 cm³/mol. The van der Waals surface area contributed by atoms with Gasteiger partial charge in [0.05, 0.1) is 0 Å². The summed E-state index contributed by atoms with van der Waals surface area (Å²) in [6.07, 6.45) is 1.85. The molecule has 2 aliphatic heterocycles. The number of piperidine rings is 2. The van der Waals surface area contributed by atoms with Crippen LogP contribution in [-0.4, -0.2) is 34.1 Å². The Labute approximate surface area is 169 Å². The molecule has 2 aliphatic rings. The van der Waals surface area contributed by atoms with Crippen LogP contribution in [-0.2, 0) is 9.59 Å². The lowest BCUT2D eigenvalue weighted by molar-refractivity contribution is -0.337. The van der Waals surface area contributed by atoms with Crippen LogP contribution in [0.4, 0.5) is 0 Å². The molecule has 28 heavy (non-hydrogen) atoms. The molecule has 6 heteroatoms. The van der Waals surface area contributed by atoms with Gasteiger partial charge in [-0.3, -0.25) is 0 Å². The van der Waals surface area contributed by atoms with Crippen LogP contribution in [0.1, 0.15) is 87.5 Å². The Morgan fingerprint density at radius 2 is 1.04 bits per heavy atom. The van der Waals surface area contributed by atoms with Gasteiger partial charge in [-0.05, 0) is 99.3 Å². The van der Waals surface area contributed by atoms with Gasteiger partial charge in [0.1, 0.15) is 0 Å². The maximum atomic E-state index is 12.8. The summed E-state index contributed by atoms with van der Waals surface area (Å²) >= 11 is 0. The number of hydrogen-bond donors (Lipinski definition) is 2. The largest absolute Gasteiger partial charge is 0.550 e. The van der Waals surface area contributed by atoms with Crippen molar-refractivity contribution in [3.63, 3.8) is 0 Å². The van der Waals surface area contributed by atoms with E-state index in [1.165, 1.54) is 0 Å². The summed E-state index contributed by atoms with van der Waals surface area (Å²) in [6, 6.07) is 0. The Morgan fingerprint density at radius 3 is 1.25 bits per heavy atom. The van der Waals surface area contributed by atoms with E-state index in [4.69, 9.17) is 0 Å². The fraction of sp³-hybridized carbons (Fsp3) is 0.909. The first-order valence-corrected chi connectivity index (χ1v) is 10.4. The molecule has 0 aromatic carbocycles. The summed E-state index contributed by atoms with van der Waals surface area (Å²) in [5.74, 6) is -3.17. The fourth-order valence-corrected chi connectivity index (χ4v) is 6.64. The summed E-state index contributed by atoms with van der Waals surface area (Å²) in [7, 11) is 0. The van der Waals surface area contributed by atoms with E-state index in [0.29, 0.717) is 25.7 Å². The number of nitrogens with one attached hydrogen (secondary N) is 2. The topological polar surface area (TPSA) is 104 Å². The van der Waals surface area contributed by atoms with Gasteiger partial charge in [0.15, 0.2) is 0 Å². The Balaban J connectivity index is 2.60. The predicted octanol–water partition coefficient (Wildman–Crippen LogP) is 0.976. The van der Waals surface area contributed by atoms with Gasteiger partial charge in [-0.15, -0.1) is 0 Å². The molecule has 0 amide bonds. The lowest BCUT2D eigenvalue weighted by Gasteiger charge is -2.59. The number of hydrogen-bond acceptors (Lipinski definition) is 6. The number of carboxylic acids is 2. The minimum Gasteiger partial charge on any atom is -0.550 e. The Kier molecular flexibility index (Phi) is 5.77. The highest BCUT2D eigenvalue weighted by molar-refractivity contribution is 5.80. The molecular weight excluding hydrogens is 356 g/mol. The van der Waals surface area contributed by atoms with E-state index in [2.05, 4.69) is 66.0 Å². The van der Waals surface area contributed by atoms with Crippen molar-refractivity contribution < 1.29 is 19.8 Å². The van der Waals surface area contributed by atoms with Gasteiger partial charge in [0.25, 0.3) is 0 Å². The number of aliphatic carboxylic acids is 2. The smallest absolute Gasteiger partial charge is 0.0485 e. The average molecular weight is 395 g/mol. The molecule has 162 valence electrons. The van der Waals surface area contributed by atoms with Gasteiger partial charge in [-0.2, -0.15) is 0 Å². The highest BCUT2D eigenvalue weighted by atomic mass is 16.4. The number of carboxylic acid groups (broad SMARTS) is 2. The Bertz CT molecular complexity index is 566. The maximum absolute atomic E-state index is 12.8. The fourth-order valence-electron chi connectivity index (χ4n) is 6.64. The summed E-state index contributed by atoms with van der Waals surface area (Å²) in [5.41, 5.74) is -2.63. The second-order valence-electron chi connectivity index (χ2n) is 11.9. The van der Waals surface area contributed by atoms with E-state index in [1.54, 1.807) is 0 Å². The lowest BCUT2D eigenvalue weighted by Crippen LogP contribution is -2.67. The standard InChI is InChI=1S/C22H40N2O4/c1-18(2)9-14(10-19(3,4)23-18)22(17(27)28,13-16(25)26)15-11-20(5,6)24-21(7,8)12-15/h14-15,23-24H,9-13H2,1-8H3,(H,25,26)(H,27,28)/p-2. The molecular formula is C22H38N2O4-2. The molecule has 0 aromatic heterocycles. The molecule has 2 saturated heterocycles. The molecule has 2 fully saturated rings. The molecule has 0 atom stereocenters. The molecule has 2 N–H and O–H groups in total. The van der Waals surface area contributed by atoms with Crippen LogP contribution in [0, 0.1) is 17.3 Å². The molecule has 0 aliphatic carbocycles. The van der Waals surface area contributed by atoms with Crippen LogP contribution in [0.3, 0.4) is 0 Å². The minimum absolute atomic E-state index is 0.295. The van der Waals surface area contributed by atoms with E-state index in [9.17, 15) is 19.8 Å². The summed E-state index contributed by atoms with van der Waals surface area (Å²) in [5, 5.41) is 31.7. The molecule has 6 nitrogen and oxygen atoms in total. The Morgan fingerprint density at radius 1 is 0.750 bits per heavy atom. The lowest BCUT2D eigenvalue weighted by atomic mass is 9.53. The van der Waals surface area contributed by atoms with Crippen LogP contribution < -0.4 is 20.8 Å². The first-order valence-electron chi connectivity index (χ1n) is 10.4. The summed E-state index contributed by atoms with van der Waals surface area (Å²) < 4.78 is 0. The monoisotopic (exact) mass is 394 g/mol. The molecule has 0 aromatic rings. The van der Waals surface area contributed by atoms with Gasteiger partial charge >= 0.3 is 0 Å². The molecule has 0 radical (unpaired) electrons. The first kappa shape index (κ1) is 23.1. The van der Waals surface area contributed by atoms with Crippen molar-refractivity contribution >= 4 is 11.9 Å². The minimum atomic E-state index is -1.45. The Hall–Kier alpha value is -1.14. The first-order chi connectivity index (χ1) is 12.4. The van der Waals surface area contributed by atoms with Crippen molar-refractivity contribution in [3.8, 4) is 0 Å². The molecule has 0 spiro atoms. The van der Waals surface area contributed by atoms with Gasteiger partial charge in [0.2, 0.25) is 0 Å². The zero-order valence-electron chi connectivity index (χ0n) is 18.8. The van der Waals surface area contributed by atoms with Crippen molar-refractivity contribution in [2.45, 2.75) is 110 Å². The zero-order valence-corrected chi connectivity index (χ0v) is 18.8. The van der Waals surface area contributed by atoms with Crippen LogP contribution in [0.15, 0.2) is 0 Å². The van der Waals surface area contributed by atoms with E-state index in [0.717, 1.165) is 0 Å². The quantitative estimate of drug-likeness (QED) is 0.720. The van der Waals surface area contributed by atoms with Crippen molar-refractivity contribution in [2.24, 2.45) is 17.3 Å². The average Bonchev–Trinajstić information content (AvgIpc) is 2.36. The number of carbonyl (C=O) groups is 2. The highest BCUT2D eigenvalue weighted by Gasteiger charge is 2.55. The van der Waals surface area contributed by atoms with Crippen LogP contribution in [0.5, 0.6) is 0 Å². The number of carbonyl (C=O) groups excluding carboxylic acids is 2. The van der Waals surface area contributed by atoms with Crippen LogP contribution in [0.25, 0.3) is 0 Å². The van der Waals surface area contributed by atoms with Crippen LogP contribution in [0.2, 0.25) is 0 Å². The highest BCUT2D eigenvalue weighted by Crippen LogP contribution is 2.54. The van der Waals surface area contributed by atoms with Gasteiger partial charge in [-0.25, -0.2) is 0 Å². The second-order valence-corrected chi connectivity index (χ2v) is 11.9. The summed E-state index contributed by atoms with van der Waals surface area (Å²) in [4.78, 5) is 24.6. The molecule has 0 bridgehead atoms.